The number of nitrogens with zero attached hydrogens (tertiary/aromatic N) is 4. The van der Waals surface area contributed by atoms with Crippen molar-refractivity contribution in [1.29, 1.82) is 0 Å². The minimum atomic E-state index is -3.47. The molecule has 0 unspecified atom stereocenters. The number of hydrogen-bond acceptors (Lipinski definition) is 6. The van der Waals surface area contributed by atoms with Crippen LogP contribution in [-0.4, -0.2) is 53.0 Å². The summed E-state index contributed by atoms with van der Waals surface area (Å²) in [6.07, 6.45) is 3.98. The van der Waals surface area contributed by atoms with E-state index in [4.69, 9.17) is 0 Å². The Labute approximate surface area is 180 Å². The summed E-state index contributed by atoms with van der Waals surface area (Å²) < 4.78 is 29.7. The largest absolute Gasteiger partial charge is 0.343 e. The number of hydrogen-bond donors (Lipinski definition) is 1. The first-order valence-electron chi connectivity index (χ1n) is 9.98. The Morgan fingerprint density at radius 1 is 1.27 bits per heavy atom. The van der Waals surface area contributed by atoms with Crippen molar-refractivity contribution in [2.45, 2.75) is 49.8 Å². The smallest absolute Gasteiger partial charge is 0.250 e. The summed E-state index contributed by atoms with van der Waals surface area (Å²) in [6, 6.07) is 5.05. The van der Waals surface area contributed by atoms with Gasteiger partial charge in [0.15, 0.2) is 5.65 Å². The summed E-state index contributed by atoms with van der Waals surface area (Å²) >= 11 is 1.21. The number of sulfonamides is 1. The van der Waals surface area contributed by atoms with Gasteiger partial charge in [-0.15, -0.1) is 11.3 Å². The fourth-order valence-corrected chi connectivity index (χ4v) is 6.28. The lowest BCUT2D eigenvalue weighted by Gasteiger charge is -2.32. The lowest BCUT2D eigenvalue weighted by molar-refractivity contribution is -0.132. The van der Waals surface area contributed by atoms with E-state index in [1.807, 2.05) is 24.8 Å². The van der Waals surface area contributed by atoms with Crippen molar-refractivity contribution < 1.29 is 13.2 Å². The monoisotopic (exact) mass is 447 g/mol. The number of amides is 1. The number of rotatable bonds is 6. The molecule has 1 fully saturated rings. The summed E-state index contributed by atoms with van der Waals surface area (Å²) in [7, 11) is -3.47. The second-order valence-corrected chi connectivity index (χ2v) is 10.5. The fourth-order valence-electron chi connectivity index (χ4n) is 3.96. The van der Waals surface area contributed by atoms with E-state index >= 15 is 0 Å². The highest BCUT2D eigenvalue weighted by atomic mass is 32.2. The standard InChI is InChI=1S/C20H25N5O3S2/c1-14-17(15(2)25-18(22-14)7-10-21-25)5-6-19(26)24-11-8-16(9-12-24)23-30(27,28)20-4-3-13-29-20/h3-4,7,10,13,16,23H,5-6,8-9,11-12H2,1-2H3. The number of thiophene rings is 1. The van der Waals surface area contributed by atoms with E-state index in [-0.39, 0.29) is 11.9 Å². The Bertz CT molecular complexity index is 1150. The summed E-state index contributed by atoms with van der Waals surface area (Å²) in [5, 5.41) is 6.05. The predicted molar refractivity (Wildman–Crippen MR) is 115 cm³/mol. The minimum Gasteiger partial charge on any atom is -0.343 e. The second kappa shape index (κ2) is 8.44. The number of likely N-dealkylation sites (tertiary alicyclic amines) is 1. The molecule has 0 saturated carbocycles. The van der Waals surface area contributed by atoms with E-state index < -0.39 is 10.0 Å². The lowest BCUT2D eigenvalue weighted by atomic mass is 10.0. The van der Waals surface area contributed by atoms with Crippen LogP contribution in [0.1, 0.15) is 36.2 Å². The van der Waals surface area contributed by atoms with E-state index in [0.717, 1.165) is 22.6 Å². The number of carbonyl (C=O) groups excluding carboxylic acids is 1. The van der Waals surface area contributed by atoms with Crippen LogP contribution < -0.4 is 4.72 Å². The van der Waals surface area contributed by atoms with Crippen LogP contribution in [0.5, 0.6) is 0 Å². The minimum absolute atomic E-state index is 0.0916. The van der Waals surface area contributed by atoms with Gasteiger partial charge in [-0.3, -0.25) is 4.79 Å². The Morgan fingerprint density at radius 2 is 2.03 bits per heavy atom. The van der Waals surface area contributed by atoms with Crippen LogP contribution in [0.25, 0.3) is 5.65 Å². The van der Waals surface area contributed by atoms with Gasteiger partial charge in [-0.05, 0) is 50.1 Å². The number of nitrogens with one attached hydrogen (secondary N) is 1. The van der Waals surface area contributed by atoms with Crippen molar-refractivity contribution in [3.05, 3.63) is 46.7 Å². The van der Waals surface area contributed by atoms with E-state index in [1.54, 1.807) is 28.2 Å². The maximum absolute atomic E-state index is 12.7. The number of carbonyl (C=O) groups is 1. The van der Waals surface area contributed by atoms with Crippen LogP contribution in [0.15, 0.2) is 34.0 Å². The molecule has 160 valence electrons. The van der Waals surface area contributed by atoms with Gasteiger partial charge in [-0.1, -0.05) is 6.07 Å². The van der Waals surface area contributed by atoms with Gasteiger partial charge in [0.05, 0.1) is 6.20 Å². The maximum Gasteiger partial charge on any atom is 0.250 e. The molecule has 3 aromatic heterocycles. The quantitative estimate of drug-likeness (QED) is 0.625. The third kappa shape index (κ3) is 4.26. The van der Waals surface area contributed by atoms with Crippen molar-refractivity contribution in [2.75, 3.05) is 13.1 Å². The molecule has 1 aliphatic heterocycles. The van der Waals surface area contributed by atoms with Crippen molar-refractivity contribution >= 4 is 32.9 Å². The third-order valence-electron chi connectivity index (χ3n) is 5.61. The van der Waals surface area contributed by atoms with Gasteiger partial charge in [0.1, 0.15) is 4.21 Å². The second-order valence-electron chi connectivity index (χ2n) is 7.57. The average molecular weight is 448 g/mol. The van der Waals surface area contributed by atoms with Crippen molar-refractivity contribution in [3.8, 4) is 0 Å². The number of fused-ring (bicyclic) bond motifs is 1. The molecule has 0 radical (unpaired) electrons. The molecule has 4 rings (SSSR count). The molecule has 0 atom stereocenters. The highest BCUT2D eigenvalue weighted by Crippen LogP contribution is 2.20. The van der Waals surface area contributed by atoms with Crippen LogP contribution in [-0.2, 0) is 21.2 Å². The van der Waals surface area contributed by atoms with Gasteiger partial charge in [0.25, 0.3) is 0 Å². The molecular weight excluding hydrogens is 422 g/mol. The SMILES string of the molecule is Cc1nc2ccnn2c(C)c1CCC(=O)N1CCC(NS(=O)(=O)c2cccs2)CC1. The molecule has 0 spiro atoms. The first kappa shape index (κ1) is 21.0. The molecule has 8 nitrogen and oxygen atoms in total. The number of piperidine rings is 1. The molecule has 1 aliphatic rings. The Balaban J connectivity index is 1.32. The molecule has 1 amide bonds. The molecule has 1 N–H and O–H groups in total. The Hall–Kier alpha value is -2.30. The zero-order chi connectivity index (χ0) is 21.3. The summed E-state index contributed by atoms with van der Waals surface area (Å²) in [5.41, 5.74) is 3.80. The van der Waals surface area contributed by atoms with Gasteiger partial charge < -0.3 is 4.90 Å². The topological polar surface area (TPSA) is 96.7 Å². The fraction of sp³-hybridized carbons (Fsp3) is 0.450. The highest BCUT2D eigenvalue weighted by molar-refractivity contribution is 7.91. The molecule has 10 heteroatoms. The van der Waals surface area contributed by atoms with Gasteiger partial charge in [-0.2, -0.15) is 5.10 Å². The summed E-state index contributed by atoms with van der Waals surface area (Å²) in [4.78, 5) is 19.1. The molecule has 30 heavy (non-hydrogen) atoms. The first-order valence-corrected chi connectivity index (χ1v) is 12.3. The van der Waals surface area contributed by atoms with Gasteiger partial charge in [0.2, 0.25) is 15.9 Å². The number of aromatic nitrogens is 3. The van der Waals surface area contributed by atoms with Crippen molar-refractivity contribution in [2.24, 2.45) is 0 Å². The zero-order valence-electron chi connectivity index (χ0n) is 17.0. The van der Waals surface area contributed by atoms with E-state index in [1.165, 1.54) is 11.3 Å². The number of aryl methyl sites for hydroxylation is 2. The highest BCUT2D eigenvalue weighted by Gasteiger charge is 2.27. The molecule has 0 bridgehead atoms. The van der Waals surface area contributed by atoms with Crippen molar-refractivity contribution in [1.82, 2.24) is 24.2 Å². The molecular formula is C20H25N5O3S2. The zero-order valence-corrected chi connectivity index (χ0v) is 18.7. The molecule has 3 aromatic rings. The Morgan fingerprint density at radius 3 is 2.73 bits per heavy atom. The van der Waals surface area contributed by atoms with E-state index in [9.17, 15) is 13.2 Å². The van der Waals surface area contributed by atoms with Crippen LogP contribution >= 0.6 is 11.3 Å². The van der Waals surface area contributed by atoms with Crippen LogP contribution in [0.2, 0.25) is 0 Å². The van der Waals surface area contributed by atoms with E-state index in [2.05, 4.69) is 14.8 Å². The third-order valence-corrected chi connectivity index (χ3v) is 8.53. The lowest BCUT2D eigenvalue weighted by Crippen LogP contribution is -2.46. The molecule has 4 heterocycles. The molecule has 0 aliphatic carbocycles. The summed E-state index contributed by atoms with van der Waals surface area (Å²) in [6.45, 7) is 5.08. The predicted octanol–water partition coefficient (Wildman–Crippen LogP) is 2.31. The average Bonchev–Trinajstić information content (AvgIpc) is 3.40. The van der Waals surface area contributed by atoms with Crippen LogP contribution in [0.4, 0.5) is 0 Å². The normalized spacial score (nSPS) is 15.7. The van der Waals surface area contributed by atoms with Crippen LogP contribution in [0, 0.1) is 13.8 Å². The van der Waals surface area contributed by atoms with Crippen LogP contribution in [0.3, 0.4) is 0 Å². The first-order chi connectivity index (χ1) is 14.3. The van der Waals surface area contributed by atoms with E-state index in [0.29, 0.717) is 43.0 Å². The van der Waals surface area contributed by atoms with Gasteiger partial charge in [-0.25, -0.2) is 22.6 Å². The van der Waals surface area contributed by atoms with Gasteiger partial charge in [0, 0.05) is 43.0 Å². The van der Waals surface area contributed by atoms with Gasteiger partial charge >= 0.3 is 0 Å². The maximum atomic E-state index is 12.7. The Kier molecular flexibility index (Phi) is 5.90. The van der Waals surface area contributed by atoms with Crippen molar-refractivity contribution in [3.63, 3.8) is 0 Å². The summed E-state index contributed by atoms with van der Waals surface area (Å²) in [5.74, 6) is 0.0916. The molecule has 0 aromatic carbocycles. The molecule has 1 saturated heterocycles.